The van der Waals surface area contributed by atoms with Gasteiger partial charge in [-0.15, -0.1) is 0 Å². The number of aryl methyl sites for hydroxylation is 1. The topological polar surface area (TPSA) is 95.2 Å². The number of H-pyrrole nitrogens is 1. The van der Waals surface area contributed by atoms with Gasteiger partial charge in [0.1, 0.15) is 11.5 Å². The van der Waals surface area contributed by atoms with Crippen LogP contribution in [0.15, 0.2) is 12.1 Å². The van der Waals surface area contributed by atoms with Gasteiger partial charge in [-0.25, -0.2) is 9.78 Å². The van der Waals surface area contributed by atoms with Gasteiger partial charge in [-0.3, -0.25) is 0 Å². The first kappa shape index (κ1) is 27.0. The van der Waals surface area contributed by atoms with E-state index in [1.54, 1.807) is 19.1 Å². The van der Waals surface area contributed by atoms with E-state index in [4.69, 9.17) is 37.9 Å². The van der Waals surface area contributed by atoms with E-state index < -0.39 is 0 Å². The number of ether oxygens (including phenoxy) is 1. The predicted molar refractivity (Wildman–Crippen MR) is 154 cm³/mol. The lowest BCUT2D eigenvalue weighted by atomic mass is 9.91. The molecule has 0 bridgehead atoms. The van der Waals surface area contributed by atoms with Gasteiger partial charge in [0.15, 0.2) is 0 Å². The first-order valence-electron chi connectivity index (χ1n) is 13.6. The van der Waals surface area contributed by atoms with Gasteiger partial charge in [0.25, 0.3) is 0 Å². The molecular weight excluding hydrogens is 523 g/mol. The van der Waals surface area contributed by atoms with Gasteiger partial charge >= 0.3 is 5.97 Å². The minimum atomic E-state index is -0.386. The van der Waals surface area contributed by atoms with Crippen molar-refractivity contribution >= 4 is 51.8 Å². The monoisotopic (exact) mass is 558 g/mol. The summed E-state index contributed by atoms with van der Waals surface area (Å²) in [6, 6.07) is 4.17. The standard InChI is InChI=1S/C28H36Cl2N6O2/c1-4-38-27(37)25-20(24-21(30)13-16(29)14-23(24)33-25)15-31-17-9-11-18(12-10-17)32-28-34-22-8-6-5-7-19(22)26(35-28)36(2)3/h13-14,17-18,31,33H,4-12,15H2,1-3H3,(H,32,34,35). The number of esters is 1. The molecule has 2 aliphatic carbocycles. The highest BCUT2D eigenvalue weighted by Crippen LogP contribution is 2.34. The SMILES string of the molecule is CCOC(=O)c1[nH]c2cc(Cl)cc(Cl)c2c1CNC1CCC(Nc2nc3c(c(N(C)C)n2)CCCC3)CC1. The fourth-order valence-electron chi connectivity index (χ4n) is 5.75. The van der Waals surface area contributed by atoms with Crippen molar-refractivity contribution in [1.82, 2.24) is 20.3 Å². The molecule has 3 N–H and O–H groups in total. The highest BCUT2D eigenvalue weighted by Gasteiger charge is 2.26. The molecule has 8 nitrogen and oxygen atoms in total. The first-order chi connectivity index (χ1) is 18.3. The number of carbonyl (C=O) groups excluding carboxylic acids is 1. The van der Waals surface area contributed by atoms with Crippen molar-refractivity contribution in [2.75, 3.05) is 30.9 Å². The van der Waals surface area contributed by atoms with Crippen molar-refractivity contribution in [2.45, 2.75) is 76.9 Å². The summed E-state index contributed by atoms with van der Waals surface area (Å²) in [5.41, 5.74) is 4.48. The molecule has 5 rings (SSSR count). The summed E-state index contributed by atoms with van der Waals surface area (Å²) < 4.78 is 5.29. The number of nitrogens with one attached hydrogen (secondary N) is 3. The van der Waals surface area contributed by atoms with Crippen LogP contribution in [0.4, 0.5) is 11.8 Å². The van der Waals surface area contributed by atoms with E-state index in [2.05, 4.69) is 34.6 Å². The quantitative estimate of drug-likeness (QED) is 0.296. The van der Waals surface area contributed by atoms with Gasteiger partial charge in [0.2, 0.25) is 5.95 Å². The number of anilines is 2. The third-order valence-corrected chi connectivity index (χ3v) is 8.13. The molecule has 2 aromatic heterocycles. The molecule has 1 saturated carbocycles. The van der Waals surface area contributed by atoms with Crippen molar-refractivity contribution in [3.05, 3.63) is 44.7 Å². The van der Waals surface area contributed by atoms with Crippen LogP contribution < -0.4 is 15.5 Å². The lowest BCUT2D eigenvalue weighted by molar-refractivity contribution is 0.0519. The molecular formula is C28H36Cl2N6O2. The number of benzene rings is 1. The maximum atomic E-state index is 12.7. The van der Waals surface area contributed by atoms with Crippen molar-refractivity contribution in [3.8, 4) is 0 Å². The Kier molecular flexibility index (Phi) is 8.31. The van der Waals surface area contributed by atoms with Gasteiger partial charge in [-0.05, 0) is 70.4 Å². The fourth-order valence-corrected chi connectivity index (χ4v) is 6.36. The largest absolute Gasteiger partial charge is 0.461 e. The Hall–Kier alpha value is -2.55. The number of aromatic nitrogens is 3. The molecule has 0 amide bonds. The van der Waals surface area contributed by atoms with Crippen molar-refractivity contribution in [1.29, 1.82) is 0 Å². The minimum Gasteiger partial charge on any atom is -0.461 e. The summed E-state index contributed by atoms with van der Waals surface area (Å²) >= 11 is 12.7. The number of aromatic amines is 1. The Morgan fingerprint density at radius 2 is 1.84 bits per heavy atom. The number of fused-ring (bicyclic) bond motifs is 2. The third-order valence-electron chi connectivity index (χ3n) is 7.61. The molecule has 0 radical (unpaired) electrons. The highest BCUT2D eigenvalue weighted by atomic mass is 35.5. The number of rotatable bonds is 8. The second kappa shape index (κ2) is 11.7. The Morgan fingerprint density at radius 1 is 1.11 bits per heavy atom. The summed E-state index contributed by atoms with van der Waals surface area (Å²) in [6.07, 6.45) is 8.56. The Morgan fingerprint density at radius 3 is 2.58 bits per heavy atom. The molecule has 1 fully saturated rings. The molecule has 0 atom stereocenters. The maximum Gasteiger partial charge on any atom is 0.355 e. The zero-order valence-electron chi connectivity index (χ0n) is 22.3. The van der Waals surface area contributed by atoms with Crippen molar-refractivity contribution in [3.63, 3.8) is 0 Å². The Labute approximate surface area is 233 Å². The molecule has 10 heteroatoms. The number of hydrogen-bond acceptors (Lipinski definition) is 7. The van der Waals surface area contributed by atoms with E-state index in [1.165, 1.54) is 24.1 Å². The van der Waals surface area contributed by atoms with Crippen LogP contribution in [0.2, 0.25) is 10.0 Å². The van der Waals surface area contributed by atoms with E-state index in [1.807, 2.05) is 0 Å². The fraction of sp³-hybridized carbons (Fsp3) is 0.536. The van der Waals surface area contributed by atoms with Crippen LogP contribution in [0.1, 0.15) is 72.8 Å². The average molecular weight is 560 g/mol. The van der Waals surface area contributed by atoms with Gasteiger partial charge < -0.3 is 25.3 Å². The van der Waals surface area contributed by atoms with Crippen LogP contribution in [0.3, 0.4) is 0 Å². The van der Waals surface area contributed by atoms with E-state index in [-0.39, 0.29) is 5.97 Å². The molecule has 38 heavy (non-hydrogen) atoms. The molecule has 2 heterocycles. The second-order valence-electron chi connectivity index (χ2n) is 10.5. The minimum absolute atomic E-state index is 0.302. The number of nitrogens with zero attached hydrogens (tertiary/aromatic N) is 3. The predicted octanol–water partition coefficient (Wildman–Crippen LogP) is 5.90. The molecule has 3 aromatic rings. The normalized spacial score (nSPS) is 19.3. The first-order valence-corrected chi connectivity index (χ1v) is 14.3. The summed E-state index contributed by atoms with van der Waals surface area (Å²) in [5, 5.41) is 9.13. The van der Waals surface area contributed by atoms with E-state index >= 15 is 0 Å². The summed E-state index contributed by atoms with van der Waals surface area (Å²) in [4.78, 5) is 27.7. The van der Waals surface area contributed by atoms with Gasteiger partial charge in [-0.2, -0.15) is 4.98 Å². The zero-order chi connectivity index (χ0) is 26.8. The molecule has 204 valence electrons. The lowest BCUT2D eigenvalue weighted by Gasteiger charge is -2.30. The van der Waals surface area contributed by atoms with Gasteiger partial charge in [-0.1, -0.05) is 23.2 Å². The van der Waals surface area contributed by atoms with Crippen LogP contribution in [0.25, 0.3) is 10.9 Å². The number of halogens is 2. The van der Waals surface area contributed by atoms with E-state index in [9.17, 15) is 4.79 Å². The van der Waals surface area contributed by atoms with Crippen LogP contribution in [0.5, 0.6) is 0 Å². The molecule has 2 aliphatic rings. The number of hydrogen-bond donors (Lipinski definition) is 3. The highest BCUT2D eigenvalue weighted by molar-refractivity contribution is 6.39. The Bertz CT molecular complexity index is 1320. The Balaban J connectivity index is 1.24. The van der Waals surface area contributed by atoms with Gasteiger partial charge in [0, 0.05) is 59.8 Å². The van der Waals surface area contributed by atoms with Crippen molar-refractivity contribution < 1.29 is 9.53 Å². The molecule has 0 spiro atoms. The summed E-state index contributed by atoms with van der Waals surface area (Å²) in [7, 11) is 4.11. The van der Waals surface area contributed by atoms with Crippen LogP contribution >= 0.6 is 23.2 Å². The molecule has 1 aromatic carbocycles. The van der Waals surface area contributed by atoms with Crippen LogP contribution in [0, 0.1) is 0 Å². The molecule has 0 saturated heterocycles. The smallest absolute Gasteiger partial charge is 0.355 e. The van der Waals surface area contributed by atoms with Crippen LogP contribution in [-0.2, 0) is 24.1 Å². The lowest BCUT2D eigenvalue weighted by Crippen LogP contribution is -2.37. The molecule has 0 aliphatic heterocycles. The number of carbonyl (C=O) groups is 1. The maximum absolute atomic E-state index is 12.7. The van der Waals surface area contributed by atoms with Gasteiger partial charge in [0.05, 0.1) is 17.3 Å². The van der Waals surface area contributed by atoms with Crippen molar-refractivity contribution in [2.24, 2.45) is 0 Å². The third kappa shape index (κ3) is 5.72. The average Bonchev–Trinajstić information content (AvgIpc) is 3.26. The summed E-state index contributed by atoms with van der Waals surface area (Å²) in [5.74, 6) is 1.41. The second-order valence-corrected chi connectivity index (χ2v) is 11.3. The molecule has 0 unspecified atom stereocenters. The summed E-state index contributed by atoms with van der Waals surface area (Å²) in [6.45, 7) is 2.61. The van der Waals surface area contributed by atoms with E-state index in [0.29, 0.717) is 41.0 Å². The zero-order valence-corrected chi connectivity index (χ0v) is 23.8. The van der Waals surface area contributed by atoms with E-state index in [0.717, 1.165) is 66.8 Å². The van der Waals surface area contributed by atoms with Crippen LogP contribution in [-0.4, -0.2) is 53.7 Å².